The number of methoxy groups -OCH3 is 1. The van der Waals surface area contributed by atoms with Crippen LogP contribution in [0.1, 0.15) is 34.1 Å². The molecule has 2 heteroatoms. The first-order valence-corrected chi connectivity index (χ1v) is 5.60. The van der Waals surface area contributed by atoms with Crippen LogP contribution < -0.4 is 0 Å². The zero-order chi connectivity index (χ0) is 13.0. The molecule has 0 saturated heterocycles. The molecule has 0 aromatic carbocycles. The van der Waals surface area contributed by atoms with Gasteiger partial charge in [0.15, 0.2) is 0 Å². The molecule has 90 valence electrons. The summed E-state index contributed by atoms with van der Waals surface area (Å²) in [5.74, 6) is 0.956. The summed E-state index contributed by atoms with van der Waals surface area (Å²) in [7, 11) is 1.61. The molecule has 0 aliphatic heterocycles. The van der Waals surface area contributed by atoms with Gasteiger partial charge in [0.05, 0.1) is 13.2 Å². The van der Waals surface area contributed by atoms with Gasteiger partial charge in [-0.2, -0.15) is 5.26 Å². The predicted octanol–water partition coefficient (Wildman–Crippen LogP) is 4.22. The van der Waals surface area contributed by atoms with Crippen molar-refractivity contribution in [2.75, 3.05) is 7.11 Å². The predicted molar refractivity (Wildman–Crippen MR) is 69.8 cm³/mol. The lowest BCUT2D eigenvalue weighted by Gasteiger charge is -2.09. The summed E-state index contributed by atoms with van der Waals surface area (Å²) in [5, 5.41) is 8.58. The SMILES string of the molecule is C=C/C(=C\C(=C/C)C(C)CC#N)OC.CC. The van der Waals surface area contributed by atoms with Gasteiger partial charge < -0.3 is 4.74 Å². The minimum Gasteiger partial charge on any atom is -0.497 e. The Hall–Kier alpha value is -1.49. The molecular weight excluding hydrogens is 198 g/mol. The number of nitrogens with zero attached hydrogens (tertiary/aromatic N) is 1. The van der Waals surface area contributed by atoms with Crippen molar-refractivity contribution < 1.29 is 4.74 Å². The second-order valence-corrected chi connectivity index (χ2v) is 3.01. The third-order valence-corrected chi connectivity index (χ3v) is 2.05. The van der Waals surface area contributed by atoms with Crippen molar-refractivity contribution in [3.63, 3.8) is 0 Å². The van der Waals surface area contributed by atoms with Crippen LogP contribution in [0.3, 0.4) is 0 Å². The highest BCUT2D eigenvalue weighted by atomic mass is 16.5. The van der Waals surface area contributed by atoms with Crippen LogP contribution in [0.5, 0.6) is 0 Å². The number of rotatable bonds is 5. The zero-order valence-electron chi connectivity index (χ0n) is 11.1. The molecule has 0 N–H and O–H groups in total. The summed E-state index contributed by atoms with van der Waals surface area (Å²) in [5.41, 5.74) is 1.10. The Morgan fingerprint density at radius 3 is 2.38 bits per heavy atom. The van der Waals surface area contributed by atoms with Crippen LogP contribution in [0, 0.1) is 17.2 Å². The van der Waals surface area contributed by atoms with Crippen LogP contribution >= 0.6 is 0 Å². The van der Waals surface area contributed by atoms with Crippen molar-refractivity contribution in [1.82, 2.24) is 0 Å². The summed E-state index contributed by atoms with van der Waals surface area (Å²) in [4.78, 5) is 0. The summed E-state index contributed by atoms with van der Waals surface area (Å²) >= 11 is 0. The fourth-order valence-corrected chi connectivity index (χ4v) is 1.13. The Morgan fingerprint density at radius 2 is 2.06 bits per heavy atom. The van der Waals surface area contributed by atoms with Crippen LogP contribution in [0.15, 0.2) is 36.1 Å². The quantitative estimate of drug-likeness (QED) is 0.514. The first-order valence-electron chi connectivity index (χ1n) is 5.60. The highest BCUT2D eigenvalue weighted by Crippen LogP contribution is 2.17. The Labute approximate surface area is 99.9 Å². The van der Waals surface area contributed by atoms with E-state index < -0.39 is 0 Å². The van der Waals surface area contributed by atoms with Crippen molar-refractivity contribution in [2.45, 2.75) is 34.1 Å². The van der Waals surface area contributed by atoms with E-state index in [2.05, 4.69) is 12.6 Å². The molecule has 0 aliphatic rings. The van der Waals surface area contributed by atoms with E-state index in [0.717, 1.165) is 11.3 Å². The molecule has 0 rings (SSSR count). The van der Waals surface area contributed by atoms with Crippen LogP contribution in [-0.4, -0.2) is 7.11 Å². The van der Waals surface area contributed by atoms with E-state index in [-0.39, 0.29) is 5.92 Å². The lowest BCUT2D eigenvalue weighted by atomic mass is 9.97. The maximum Gasteiger partial charge on any atom is 0.118 e. The maximum atomic E-state index is 8.58. The number of hydrogen-bond acceptors (Lipinski definition) is 2. The van der Waals surface area contributed by atoms with E-state index in [1.54, 1.807) is 13.2 Å². The van der Waals surface area contributed by atoms with Gasteiger partial charge in [-0.15, -0.1) is 0 Å². The largest absolute Gasteiger partial charge is 0.497 e. The monoisotopic (exact) mass is 221 g/mol. The second kappa shape index (κ2) is 11.6. The number of ether oxygens (including phenoxy) is 1. The van der Waals surface area contributed by atoms with E-state index in [1.807, 2.05) is 39.8 Å². The topological polar surface area (TPSA) is 33.0 Å². The Bertz CT molecular complexity index is 282. The molecule has 0 amide bonds. The molecule has 0 fully saturated rings. The van der Waals surface area contributed by atoms with Gasteiger partial charge in [0.1, 0.15) is 5.76 Å². The van der Waals surface area contributed by atoms with Gasteiger partial charge in [0.2, 0.25) is 0 Å². The van der Waals surface area contributed by atoms with Crippen molar-refractivity contribution in [3.05, 3.63) is 36.1 Å². The fraction of sp³-hybridized carbons (Fsp3) is 0.500. The molecule has 0 saturated carbocycles. The molecule has 0 aromatic heterocycles. The smallest absolute Gasteiger partial charge is 0.118 e. The van der Waals surface area contributed by atoms with Crippen LogP contribution in [0.25, 0.3) is 0 Å². The van der Waals surface area contributed by atoms with Crippen molar-refractivity contribution in [1.29, 1.82) is 5.26 Å². The molecule has 1 unspecified atom stereocenters. The lowest BCUT2D eigenvalue weighted by Crippen LogP contribution is -1.97. The van der Waals surface area contributed by atoms with Crippen molar-refractivity contribution in [3.8, 4) is 6.07 Å². The Balaban J connectivity index is 0. The normalized spacial score (nSPS) is 13.0. The van der Waals surface area contributed by atoms with Crippen molar-refractivity contribution in [2.24, 2.45) is 5.92 Å². The van der Waals surface area contributed by atoms with Gasteiger partial charge in [-0.1, -0.05) is 33.4 Å². The van der Waals surface area contributed by atoms with Gasteiger partial charge >= 0.3 is 0 Å². The van der Waals surface area contributed by atoms with Crippen LogP contribution in [-0.2, 0) is 4.74 Å². The Morgan fingerprint density at radius 1 is 1.50 bits per heavy atom. The molecule has 0 heterocycles. The van der Waals surface area contributed by atoms with E-state index in [0.29, 0.717) is 6.42 Å². The molecule has 0 radical (unpaired) electrons. The van der Waals surface area contributed by atoms with E-state index >= 15 is 0 Å². The van der Waals surface area contributed by atoms with Gasteiger partial charge in [-0.3, -0.25) is 0 Å². The van der Waals surface area contributed by atoms with Gasteiger partial charge in [0, 0.05) is 6.42 Å². The third-order valence-electron chi connectivity index (χ3n) is 2.05. The average Bonchev–Trinajstić information content (AvgIpc) is 2.33. The van der Waals surface area contributed by atoms with E-state index in [1.165, 1.54) is 0 Å². The molecule has 1 atom stereocenters. The molecule has 0 spiro atoms. The number of hydrogen-bond donors (Lipinski definition) is 0. The van der Waals surface area contributed by atoms with E-state index in [4.69, 9.17) is 10.00 Å². The lowest BCUT2D eigenvalue weighted by molar-refractivity contribution is 0.306. The zero-order valence-corrected chi connectivity index (χ0v) is 11.1. The standard InChI is InChI=1S/C12H17NO.C2H6/c1-5-11(10(3)7-8-13)9-12(6-2)14-4;1-2/h5-6,9-10H,2,7H2,1,3-4H3;1-2H3/b11-5+,12-9+;. The van der Waals surface area contributed by atoms with Gasteiger partial charge in [-0.05, 0) is 30.6 Å². The summed E-state index contributed by atoms with van der Waals surface area (Å²) in [6, 6.07) is 2.15. The fourth-order valence-electron chi connectivity index (χ4n) is 1.13. The third kappa shape index (κ3) is 6.89. The summed E-state index contributed by atoms with van der Waals surface area (Å²) in [6.45, 7) is 11.6. The number of nitriles is 1. The Kier molecular flexibility index (Phi) is 12.3. The van der Waals surface area contributed by atoms with Gasteiger partial charge in [0.25, 0.3) is 0 Å². The first-order chi connectivity index (χ1) is 7.69. The van der Waals surface area contributed by atoms with Crippen molar-refractivity contribution >= 4 is 0 Å². The van der Waals surface area contributed by atoms with Crippen LogP contribution in [0.2, 0.25) is 0 Å². The van der Waals surface area contributed by atoms with Gasteiger partial charge in [-0.25, -0.2) is 0 Å². The molecule has 0 aliphatic carbocycles. The maximum absolute atomic E-state index is 8.58. The first kappa shape index (κ1) is 16.9. The minimum atomic E-state index is 0.232. The average molecular weight is 221 g/mol. The molecule has 0 bridgehead atoms. The number of allylic oxidation sites excluding steroid dienone is 4. The highest BCUT2D eigenvalue weighted by molar-refractivity contribution is 5.27. The molecule has 2 nitrogen and oxygen atoms in total. The molecule has 0 aromatic rings. The summed E-state index contributed by atoms with van der Waals surface area (Å²) < 4.78 is 5.08. The van der Waals surface area contributed by atoms with E-state index in [9.17, 15) is 0 Å². The molecular formula is C14H23NO. The highest BCUT2D eigenvalue weighted by Gasteiger charge is 2.05. The summed E-state index contributed by atoms with van der Waals surface area (Å²) in [6.07, 6.45) is 6.08. The molecule has 16 heavy (non-hydrogen) atoms. The minimum absolute atomic E-state index is 0.232. The second-order valence-electron chi connectivity index (χ2n) is 3.01. The van der Waals surface area contributed by atoms with Crippen LogP contribution in [0.4, 0.5) is 0 Å².